The third-order valence-electron chi connectivity index (χ3n) is 4.38. The highest BCUT2D eigenvalue weighted by Crippen LogP contribution is 2.31. The smallest absolute Gasteiger partial charge is 0.408 e. The van der Waals surface area contributed by atoms with Gasteiger partial charge in [0, 0.05) is 5.02 Å². The summed E-state index contributed by atoms with van der Waals surface area (Å²) in [6.07, 6.45) is 2.81. The number of nitrogens with zero attached hydrogens (tertiary/aromatic N) is 3. The van der Waals surface area contributed by atoms with Crippen LogP contribution in [0.3, 0.4) is 0 Å². The molecule has 4 aromatic rings. The maximum absolute atomic E-state index is 12.5. The largest absolute Gasteiger partial charge is 0.618 e. The van der Waals surface area contributed by atoms with Crippen molar-refractivity contribution in [2.45, 2.75) is 6.61 Å². The van der Waals surface area contributed by atoms with Crippen molar-refractivity contribution in [1.29, 1.82) is 0 Å². The standard InChI is InChI=1S/C21H16ClN3O4/c1-28-21(26)19-20(29-13-14-5-3-2-4-6-14)18-15(12-24(19)27)11-23-25(18)17-9-7-16(22)8-10-17/h2-12H,13H2,1H3. The van der Waals surface area contributed by atoms with Crippen LogP contribution in [0.4, 0.5) is 0 Å². The SMILES string of the molecule is COC(=O)c1c(OCc2ccccc2)c2c(cnn2-c2ccc(Cl)cc2)c[n+]1[O-]. The zero-order valence-electron chi connectivity index (χ0n) is 15.4. The first-order valence-corrected chi connectivity index (χ1v) is 9.11. The van der Waals surface area contributed by atoms with E-state index in [2.05, 4.69) is 5.10 Å². The van der Waals surface area contributed by atoms with Crippen LogP contribution in [-0.2, 0) is 11.3 Å². The molecule has 0 aliphatic heterocycles. The molecular weight excluding hydrogens is 394 g/mol. The highest BCUT2D eigenvalue weighted by atomic mass is 35.5. The van der Waals surface area contributed by atoms with Crippen molar-refractivity contribution in [3.8, 4) is 11.4 Å². The predicted molar refractivity (Wildman–Crippen MR) is 107 cm³/mol. The number of hydrogen-bond donors (Lipinski definition) is 0. The molecule has 0 bridgehead atoms. The van der Waals surface area contributed by atoms with Gasteiger partial charge in [0.05, 0.1) is 24.4 Å². The van der Waals surface area contributed by atoms with Crippen LogP contribution >= 0.6 is 11.6 Å². The first kappa shape index (κ1) is 18.8. The van der Waals surface area contributed by atoms with Crippen molar-refractivity contribution in [2.24, 2.45) is 0 Å². The minimum absolute atomic E-state index is 0.0978. The van der Waals surface area contributed by atoms with Crippen LogP contribution in [0.1, 0.15) is 16.1 Å². The highest BCUT2D eigenvalue weighted by molar-refractivity contribution is 6.30. The molecule has 8 heteroatoms. The van der Waals surface area contributed by atoms with Crippen LogP contribution in [-0.4, -0.2) is 22.9 Å². The third kappa shape index (κ3) is 3.60. The first-order valence-electron chi connectivity index (χ1n) is 8.73. The Bertz CT molecular complexity index is 1170. The van der Waals surface area contributed by atoms with Gasteiger partial charge in [0.25, 0.3) is 0 Å². The molecule has 29 heavy (non-hydrogen) atoms. The summed E-state index contributed by atoms with van der Waals surface area (Å²) in [6, 6.07) is 16.5. The van der Waals surface area contributed by atoms with Crippen molar-refractivity contribution in [1.82, 2.24) is 9.78 Å². The number of carbonyl (C=O) groups excluding carboxylic acids is 1. The Labute approximate surface area is 171 Å². The molecule has 0 unspecified atom stereocenters. The summed E-state index contributed by atoms with van der Waals surface area (Å²) in [7, 11) is 1.21. The lowest BCUT2D eigenvalue weighted by Gasteiger charge is -2.13. The Kier molecular flexibility index (Phi) is 5.05. The number of benzene rings is 2. The lowest BCUT2D eigenvalue weighted by Crippen LogP contribution is -2.35. The molecule has 0 fully saturated rings. The van der Waals surface area contributed by atoms with Crippen molar-refractivity contribution in [3.63, 3.8) is 0 Å². The summed E-state index contributed by atoms with van der Waals surface area (Å²) in [6.45, 7) is 0.162. The van der Waals surface area contributed by atoms with Gasteiger partial charge in [-0.25, -0.2) is 9.48 Å². The predicted octanol–water partition coefficient (Wildman–Crippen LogP) is 3.68. The van der Waals surface area contributed by atoms with Crippen molar-refractivity contribution >= 4 is 28.5 Å². The quantitative estimate of drug-likeness (QED) is 0.285. The number of carbonyl (C=O) groups is 1. The summed E-state index contributed by atoms with van der Waals surface area (Å²) in [5, 5.41) is 18.0. The summed E-state index contributed by atoms with van der Waals surface area (Å²) >= 11 is 5.99. The maximum atomic E-state index is 12.5. The number of pyridine rings is 1. The van der Waals surface area contributed by atoms with E-state index in [-0.39, 0.29) is 18.1 Å². The number of hydrogen-bond acceptors (Lipinski definition) is 5. The monoisotopic (exact) mass is 409 g/mol. The number of esters is 1. The van der Waals surface area contributed by atoms with E-state index < -0.39 is 5.97 Å². The number of aromatic nitrogens is 3. The van der Waals surface area contributed by atoms with E-state index in [1.54, 1.807) is 28.9 Å². The third-order valence-corrected chi connectivity index (χ3v) is 4.63. The van der Waals surface area contributed by atoms with Crippen LogP contribution in [0, 0.1) is 5.21 Å². The number of rotatable bonds is 5. The second-order valence-electron chi connectivity index (χ2n) is 6.24. The summed E-state index contributed by atoms with van der Waals surface area (Å²) in [5.74, 6) is -0.700. The summed E-state index contributed by atoms with van der Waals surface area (Å²) in [4.78, 5) is 12.4. The van der Waals surface area contributed by atoms with E-state index in [1.807, 2.05) is 30.3 Å². The van der Waals surface area contributed by atoms with Gasteiger partial charge in [-0.05, 0) is 29.8 Å². The average Bonchev–Trinajstić information content (AvgIpc) is 3.16. The number of halogens is 1. The number of ether oxygens (including phenoxy) is 2. The minimum atomic E-state index is -0.797. The molecule has 0 atom stereocenters. The molecule has 2 heterocycles. The van der Waals surface area contributed by atoms with Gasteiger partial charge >= 0.3 is 11.7 Å². The zero-order chi connectivity index (χ0) is 20.4. The molecule has 0 spiro atoms. The van der Waals surface area contributed by atoms with Gasteiger partial charge in [0.2, 0.25) is 5.75 Å². The molecule has 0 amide bonds. The lowest BCUT2D eigenvalue weighted by molar-refractivity contribution is -0.607. The van der Waals surface area contributed by atoms with Crippen molar-refractivity contribution in [2.75, 3.05) is 7.11 Å². The van der Waals surface area contributed by atoms with Crippen molar-refractivity contribution < 1.29 is 19.0 Å². The van der Waals surface area contributed by atoms with Crippen LogP contribution in [0.2, 0.25) is 5.02 Å². The van der Waals surface area contributed by atoms with E-state index >= 15 is 0 Å². The van der Waals surface area contributed by atoms with Crippen LogP contribution < -0.4 is 9.47 Å². The average molecular weight is 410 g/mol. The Morgan fingerprint density at radius 3 is 2.59 bits per heavy atom. The molecule has 0 saturated heterocycles. The zero-order valence-corrected chi connectivity index (χ0v) is 16.2. The molecule has 4 rings (SSSR count). The molecule has 0 N–H and O–H groups in total. The number of methoxy groups -OCH3 is 1. The second kappa shape index (κ2) is 7.81. The fourth-order valence-electron chi connectivity index (χ4n) is 3.01. The molecule has 0 saturated carbocycles. The van der Waals surface area contributed by atoms with Gasteiger partial charge in [0.15, 0.2) is 6.20 Å². The van der Waals surface area contributed by atoms with Gasteiger partial charge in [-0.1, -0.05) is 41.9 Å². The van der Waals surface area contributed by atoms with Gasteiger partial charge < -0.3 is 14.7 Å². The Hall–Kier alpha value is -3.58. The van der Waals surface area contributed by atoms with Gasteiger partial charge in [-0.2, -0.15) is 9.83 Å². The van der Waals surface area contributed by atoms with E-state index in [4.69, 9.17) is 21.1 Å². The topological polar surface area (TPSA) is 80.3 Å². The normalized spacial score (nSPS) is 10.8. The molecule has 2 aromatic carbocycles. The Balaban J connectivity index is 1.91. The summed E-state index contributed by atoms with van der Waals surface area (Å²) < 4.78 is 12.8. The fraction of sp³-hybridized carbons (Fsp3) is 0.0952. The number of fused-ring (bicyclic) bond motifs is 1. The first-order chi connectivity index (χ1) is 14.1. The lowest BCUT2D eigenvalue weighted by atomic mass is 10.2. The second-order valence-corrected chi connectivity index (χ2v) is 6.67. The Morgan fingerprint density at radius 2 is 1.90 bits per heavy atom. The highest BCUT2D eigenvalue weighted by Gasteiger charge is 2.30. The molecule has 146 valence electrons. The maximum Gasteiger partial charge on any atom is 0.408 e. The van der Waals surface area contributed by atoms with E-state index in [9.17, 15) is 10.0 Å². The molecule has 0 radical (unpaired) electrons. The van der Waals surface area contributed by atoms with E-state index in [1.165, 1.54) is 19.5 Å². The van der Waals surface area contributed by atoms with Gasteiger partial charge in [0.1, 0.15) is 12.1 Å². The van der Waals surface area contributed by atoms with E-state index in [0.29, 0.717) is 26.3 Å². The van der Waals surface area contributed by atoms with Gasteiger partial charge in [-0.15, -0.1) is 0 Å². The molecule has 0 aliphatic carbocycles. The summed E-state index contributed by atoms with van der Waals surface area (Å²) in [5.41, 5.74) is 1.83. The van der Waals surface area contributed by atoms with Crippen LogP contribution in [0.25, 0.3) is 16.6 Å². The van der Waals surface area contributed by atoms with Crippen LogP contribution in [0.5, 0.6) is 5.75 Å². The molecule has 0 aliphatic rings. The molecule has 7 nitrogen and oxygen atoms in total. The fourth-order valence-corrected chi connectivity index (χ4v) is 3.14. The molecular formula is C21H16ClN3O4. The minimum Gasteiger partial charge on any atom is -0.618 e. The Morgan fingerprint density at radius 1 is 1.17 bits per heavy atom. The van der Waals surface area contributed by atoms with Gasteiger partial charge in [-0.3, -0.25) is 0 Å². The molecule has 2 aromatic heterocycles. The van der Waals surface area contributed by atoms with Crippen molar-refractivity contribution in [3.05, 3.63) is 88.5 Å². The van der Waals surface area contributed by atoms with E-state index in [0.717, 1.165) is 5.56 Å². The van der Waals surface area contributed by atoms with Crippen LogP contribution in [0.15, 0.2) is 67.0 Å².